The van der Waals surface area contributed by atoms with E-state index >= 15 is 0 Å². The molecule has 0 bridgehead atoms. The van der Waals surface area contributed by atoms with Crippen LogP contribution in [0.5, 0.6) is 0 Å². The molecule has 0 aliphatic carbocycles. The molecule has 112 valence electrons. The van der Waals surface area contributed by atoms with Crippen LogP contribution in [-0.2, 0) is 0 Å². The third-order valence-corrected chi connectivity index (χ3v) is 4.61. The quantitative estimate of drug-likeness (QED) is 0.850. The predicted molar refractivity (Wildman–Crippen MR) is 85.8 cm³/mol. The monoisotopic (exact) mass is 350 g/mol. The van der Waals surface area contributed by atoms with Crippen molar-refractivity contribution in [3.63, 3.8) is 0 Å². The van der Waals surface area contributed by atoms with Gasteiger partial charge in [-0.25, -0.2) is 4.68 Å². The van der Waals surface area contributed by atoms with Gasteiger partial charge in [-0.05, 0) is 55.8 Å². The molecule has 0 N–H and O–H groups in total. The summed E-state index contributed by atoms with van der Waals surface area (Å²) in [6.45, 7) is 9.19. The van der Waals surface area contributed by atoms with Crippen LogP contribution in [0.15, 0.2) is 22.8 Å². The molecule has 0 saturated heterocycles. The molecule has 0 radical (unpaired) electrons. The van der Waals surface area contributed by atoms with Gasteiger partial charge in [0, 0.05) is 19.3 Å². The van der Waals surface area contributed by atoms with E-state index in [4.69, 9.17) is 0 Å². The van der Waals surface area contributed by atoms with E-state index in [-0.39, 0.29) is 5.91 Å². The van der Waals surface area contributed by atoms with Crippen LogP contribution in [0.1, 0.15) is 35.7 Å². The van der Waals surface area contributed by atoms with Crippen molar-refractivity contribution in [1.82, 2.24) is 19.7 Å². The Labute approximate surface area is 133 Å². The minimum Gasteiger partial charge on any atom is -0.338 e. The predicted octanol–water partition coefficient (Wildman–Crippen LogP) is 3.13. The SMILES string of the molecule is CCN(CC)C(=O)c1cc(-n2nc(C)c(Br)c2C)ccn1. The highest BCUT2D eigenvalue weighted by molar-refractivity contribution is 9.10. The van der Waals surface area contributed by atoms with Crippen LogP contribution >= 0.6 is 15.9 Å². The zero-order chi connectivity index (χ0) is 15.6. The number of hydrogen-bond acceptors (Lipinski definition) is 3. The third-order valence-electron chi connectivity index (χ3n) is 3.46. The van der Waals surface area contributed by atoms with Gasteiger partial charge in [-0.3, -0.25) is 9.78 Å². The summed E-state index contributed by atoms with van der Waals surface area (Å²) in [4.78, 5) is 18.3. The maximum Gasteiger partial charge on any atom is 0.272 e. The molecule has 5 nitrogen and oxygen atoms in total. The zero-order valence-electron chi connectivity index (χ0n) is 12.7. The molecule has 6 heteroatoms. The van der Waals surface area contributed by atoms with Crippen LogP contribution in [0.25, 0.3) is 5.69 Å². The highest BCUT2D eigenvalue weighted by Gasteiger charge is 2.16. The lowest BCUT2D eigenvalue weighted by Gasteiger charge is -2.18. The second-order valence-corrected chi connectivity index (χ2v) is 5.57. The van der Waals surface area contributed by atoms with Crippen LogP contribution in [-0.4, -0.2) is 38.7 Å². The Morgan fingerprint density at radius 3 is 2.52 bits per heavy atom. The van der Waals surface area contributed by atoms with Gasteiger partial charge in [-0.15, -0.1) is 0 Å². The van der Waals surface area contributed by atoms with Crippen molar-refractivity contribution in [3.8, 4) is 5.69 Å². The number of carbonyl (C=O) groups excluding carboxylic acids is 1. The Bertz CT molecular complexity index is 662. The van der Waals surface area contributed by atoms with Crippen molar-refractivity contribution in [3.05, 3.63) is 39.9 Å². The van der Waals surface area contributed by atoms with Gasteiger partial charge < -0.3 is 4.90 Å². The summed E-state index contributed by atoms with van der Waals surface area (Å²) in [5.74, 6) is -0.0533. The second-order valence-electron chi connectivity index (χ2n) is 4.77. The van der Waals surface area contributed by atoms with E-state index < -0.39 is 0 Å². The van der Waals surface area contributed by atoms with Gasteiger partial charge >= 0.3 is 0 Å². The summed E-state index contributed by atoms with van der Waals surface area (Å²) in [6, 6.07) is 3.64. The van der Waals surface area contributed by atoms with Crippen molar-refractivity contribution >= 4 is 21.8 Å². The molecule has 21 heavy (non-hydrogen) atoms. The van der Waals surface area contributed by atoms with E-state index in [0.717, 1.165) is 21.5 Å². The number of amides is 1. The number of halogens is 1. The molecule has 0 spiro atoms. The van der Waals surface area contributed by atoms with Gasteiger partial charge in [0.2, 0.25) is 0 Å². The van der Waals surface area contributed by atoms with Crippen molar-refractivity contribution < 1.29 is 4.79 Å². The molecule has 0 aliphatic heterocycles. The number of carbonyl (C=O) groups is 1. The smallest absolute Gasteiger partial charge is 0.272 e. The van der Waals surface area contributed by atoms with Crippen LogP contribution in [0.3, 0.4) is 0 Å². The van der Waals surface area contributed by atoms with E-state index in [2.05, 4.69) is 26.0 Å². The lowest BCUT2D eigenvalue weighted by molar-refractivity contribution is 0.0767. The number of nitrogens with zero attached hydrogens (tertiary/aromatic N) is 4. The van der Waals surface area contributed by atoms with Gasteiger partial charge in [0.25, 0.3) is 5.91 Å². The van der Waals surface area contributed by atoms with Crippen LogP contribution in [0.4, 0.5) is 0 Å². The summed E-state index contributed by atoms with van der Waals surface area (Å²) in [7, 11) is 0. The number of aryl methyl sites for hydroxylation is 1. The molecule has 2 aromatic rings. The summed E-state index contributed by atoms with van der Waals surface area (Å²) in [5, 5.41) is 4.48. The lowest BCUT2D eigenvalue weighted by atomic mass is 10.2. The van der Waals surface area contributed by atoms with Gasteiger partial charge in [0.1, 0.15) is 5.69 Å². The van der Waals surface area contributed by atoms with Crippen molar-refractivity contribution in [1.29, 1.82) is 0 Å². The molecule has 2 aromatic heterocycles. The first-order valence-corrected chi connectivity index (χ1v) is 7.76. The molecule has 0 fully saturated rings. The molecular weight excluding hydrogens is 332 g/mol. The molecule has 2 rings (SSSR count). The van der Waals surface area contributed by atoms with E-state index in [1.807, 2.05) is 38.4 Å². The van der Waals surface area contributed by atoms with E-state index in [0.29, 0.717) is 18.8 Å². The normalized spacial score (nSPS) is 10.7. The first-order chi connectivity index (χ1) is 9.99. The van der Waals surface area contributed by atoms with E-state index in [1.54, 1.807) is 17.2 Å². The van der Waals surface area contributed by atoms with Crippen molar-refractivity contribution in [2.75, 3.05) is 13.1 Å². The summed E-state index contributed by atoms with van der Waals surface area (Å²) < 4.78 is 2.80. The number of pyridine rings is 1. The fraction of sp³-hybridized carbons (Fsp3) is 0.400. The molecule has 0 atom stereocenters. The van der Waals surface area contributed by atoms with Gasteiger partial charge in [0.05, 0.1) is 21.5 Å². The summed E-state index contributed by atoms with van der Waals surface area (Å²) in [6.07, 6.45) is 1.65. The standard InChI is InChI=1S/C15H19BrN4O/c1-5-19(6-2)15(21)13-9-12(7-8-17-13)20-11(4)14(16)10(3)18-20/h7-9H,5-6H2,1-4H3. The summed E-state index contributed by atoms with van der Waals surface area (Å²) >= 11 is 3.52. The van der Waals surface area contributed by atoms with Crippen molar-refractivity contribution in [2.24, 2.45) is 0 Å². The molecule has 0 saturated carbocycles. The first kappa shape index (κ1) is 15.7. The fourth-order valence-electron chi connectivity index (χ4n) is 2.22. The Kier molecular flexibility index (Phi) is 4.77. The minimum absolute atomic E-state index is 0.0533. The summed E-state index contributed by atoms with van der Waals surface area (Å²) in [5.41, 5.74) is 3.20. The van der Waals surface area contributed by atoms with E-state index in [9.17, 15) is 4.79 Å². The van der Waals surface area contributed by atoms with Gasteiger partial charge in [-0.1, -0.05) is 0 Å². The Balaban J connectivity index is 2.42. The molecule has 0 aliphatic rings. The van der Waals surface area contributed by atoms with Crippen LogP contribution in [0.2, 0.25) is 0 Å². The third kappa shape index (κ3) is 3.00. The van der Waals surface area contributed by atoms with Crippen molar-refractivity contribution in [2.45, 2.75) is 27.7 Å². The topological polar surface area (TPSA) is 51.0 Å². The number of rotatable bonds is 4. The second kappa shape index (κ2) is 6.39. The average Bonchev–Trinajstić information content (AvgIpc) is 2.76. The minimum atomic E-state index is -0.0533. The fourth-order valence-corrected chi connectivity index (χ4v) is 2.46. The largest absolute Gasteiger partial charge is 0.338 e. The maximum absolute atomic E-state index is 12.4. The number of aromatic nitrogens is 3. The highest BCUT2D eigenvalue weighted by Crippen LogP contribution is 2.23. The van der Waals surface area contributed by atoms with Gasteiger partial charge in [-0.2, -0.15) is 5.10 Å². The van der Waals surface area contributed by atoms with Crippen LogP contribution in [0, 0.1) is 13.8 Å². The van der Waals surface area contributed by atoms with E-state index in [1.165, 1.54) is 0 Å². The molecular formula is C15H19BrN4O. The molecule has 2 heterocycles. The maximum atomic E-state index is 12.4. The molecule has 1 amide bonds. The highest BCUT2D eigenvalue weighted by atomic mass is 79.9. The Hall–Kier alpha value is -1.69. The Morgan fingerprint density at radius 2 is 2.00 bits per heavy atom. The Morgan fingerprint density at radius 1 is 1.33 bits per heavy atom. The molecule has 0 aromatic carbocycles. The first-order valence-electron chi connectivity index (χ1n) is 6.97. The average molecular weight is 351 g/mol. The molecule has 0 unspecified atom stereocenters. The zero-order valence-corrected chi connectivity index (χ0v) is 14.3. The number of hydrogen-bond donors (Lipinski definition) is 0. The van der Waals surface area contributed by atoms with Gasteiger partial charge in [0.15, 0.2) is 0 Å². The lowest BCUT2D eigenvalue weighted by Crippen LogP contribution is -2.31. The van der Waals surface area contributed by atoms with Crippen LogP contribution < -0.4 is 0 Å².